The van der Waals surface area contributed by atoms with Crippen LogP contribution < -0.4 is 16.0 Å². The van der Waals surface area contributed by atoms with E-state index in [1.807, 2.05) is 76.9 Å². The molecule has 4 amide bonds. The van der Waals surface area contributed by atoms with Crippen LogP contribution >= 0.6 is 11.3 Å². The fraction of sp³-hybridized carbons (Fsp3) is 0.674. The second-order valence-corrected chi connectivity index (χ2v) is 17.0. The Bertz CT molecular complexity index is 1590. The number of rotatable bonds is 22. The standard InChI is InChI=1S/C43H68N6O7S/c1-10-12-21-44-38(51)30(7)49(42(54)37(28(5)11-2)47-40(53)34-20-16-17-22-48(34)8)35(27(3)4)25-36(50)41-46-33(26-57-41)39(52)45-32(23-29(6)43(55)56-9)24-31-18-14-13-15-19-31/h13-15,18-19,26-30,32,34-37,50H,10-12,16-17,20-25H2,1-9H3,(H,44,51)(H,45,52)(H,47,53)/t28-,29-,30?,32+,34+,35+,36+,37-/m0/s1. The van der Waals surface area contributed by atoms with Gasteiger partial charge in [0.15, 0.2) is 0 Å². The molecule has 57 heavy (non-hydrogen) atoms. The minimum absolute atomic E-state index is 0.0460. The zero-order chi connectivity index (χ0) is 42.2. The zero-order valence-electron chi connectivity index (χ0n) is 35.6. The smallest absolute Gasteiger partial charge is 0.308 e. The number of nitrogens with one attached hydrogen (secondary N) is 3. The van der Waals surface area contributed by atoms with Gasteiger partial charge in [-0.3, -0.25) is 28.9 Å². The van der Waals surface area contributed by atoms with Crippen LogP contribution in [0.15, 0.2) is 35.7 Å². The van der Waals surface area contributed by atoms with Crippen molar-refractivity contribution in [3.63, 3.8) is 0 Å². The lowest BCUT2D eigenvalue weighted by atomic mass is 9.90. The number of ether oxygens (including phenoxy) is 1. The van der Waals surface area contributed by atoms with Gasteiger partial charge in [-0.25, -0.2) is 4.98 Å². The molecule has 1 aromatic carbocycles. The van der Waals surface area contributed by atoms with Crippen molar-refractivity contribution in [1.82, 2.24) is 30.7 Å². The molecule has 1 aliphatic heterocycles. The highest BCUT2D eigenvalue weighted by Crippen LogP contribution is 2.30. The van der Waals surface area contributed by atoms with E-state index in [9.17, 15) is 29.1 Å². The third-order valence-electron chi connectivity index (χ3n) is 11.3. The fourth-order valence-corrected chi connectivity index (χ4v) is 8.26. The molecule has 0 saturated carbocycles. The molecule has 318 valence electrons. The van der Waals surface area contributed by atoms with Crippen molar-refractivity contribution in [1.29, 1.82) is 0 Å². The Morgan fingerprint density at radius 1 is 1.02 bits per heavy atom. The van der Waals surface area contributed by atoms with Gasteiger partial charge in [0.1, 0.15) is 28.9 Å². The minimum Gasteiger partial charge on any atom is -0.469 e. The van der Waals surface area contributed by atoms with E-state index in [1.165, 1.54) is 7.11 Å². The Hall–Kier alpha value is -3.88. The highest BCUT2D eigenvalue weighted by atomic mass is 32.1. The number of amides is 4. The molecular formula is C43H68N6O7S. The summed E-state index contributed by atoms with van der Waals surface area (Å²) in [5.41, 5.74) is 1.13. The number of carbonyl (C=O) groups excluding carboxylic acids is 5. The first-order valence-electron chi connectivity index (χ1n) is 20.8. The van der Waals surface area contributed by atoms with Gasteiger partial charge in [0, 0.05) is 30.4 Å². The summed E-state index contributed by atoms with van der Waals surface area (Å²) in [5.74, 6) is -2.56. The van der Waals surface area contributed by atoms with Gasteiger partial charge in [-0.15, -0.1) is 11.3 Å². The van der Waals surface area contributed by atoms with Gasteiger partial charge in [0.05, 0.1) is 19.1 Å². The summed E-state index contributed by atoms with van der Waals surface area (Å²) >= 11 is 1.14. The number of aliphatic hydroxyl groups is 1. The molecule has 8 atom stereocenters. The number of aromatic nitrogens is 1. The maximum Gasteiger partial charge on any atom is 0.308 e. The summed E-state index contributed by atoms with van der Waals surface area (Å²) in [6, 6.07) is 6.52. The number of aliphatic hydroxyl groups excluding tert-OH is 1. The second-order valence-electron chi connectivity index (χ2n) is 16.1. The molecule has 13 nitrogen and oxygen atoms in total. The maximum atomic E-state index is 14.9. The van der Waals surface area contributed by atoms with Crippen molar-refractivity contribution >= 4 is 40.9 Å². The van der Waals surface area contributed by atoms with Crippen molar-refractivity contribution in [2.24, 2.45) is 17.8 Å². The van der Waals surface area contributed by atoms with E-state index in [0.29, 0.717) is 37.2 Å². The van der Waals surface area contributed by atoms with E-state index in [1.54, 1.807) is 24.1 Å². The van der Waals surface area contributed by atoms with Crippen LogP contribution in [0.1, 0.15) is 127 Å². The molecule has 14 heteroatoms. The predicted octanol–water partition coefficient (Wildman–Crippen LogP) is 5.28. The predicted molar refractivity (Wildman–Crippen MR) is 223 cm³/mol. The molecule has 1 unspecified atom stereocenters. The summed E-state index contributed by atoms with van der Waals surface area (Å²) in [4.78, 5) is 76.3. The number of methoxy groups -OCH3 is 1. The molecule has 1 saturated heterocycles. The molecule has 0 radical (unpaired) electrons. The Balaban J connectivity index is 1.90. The second kappa shape index (κ2) is 23.5. The molecule has 4 N–H and O–H groups in total. The molecule has 0 aliphatic carbocycles. The van der Waals surface area contributed by atoms with Gasteiger partial charge >= 0.3 is 5.97 Å². The molecule has 2 heterocycles. The van der Waals surface area contributed by atoms with Crippen LogP contribution in [0.2, 0.25) is 0 Å². The number of hydrogen-bond donors (Lipinski definition) is 4. The summed E-state index contributed by atoms with van der Waals surface area (Å²) < 4.78 is 4.93. The Morgan fingerprint density at radius 2 is 1.72 bits per heavy atom. The molecule has 0 bridgehead atoms. The number of likely N-dealkylation sites (N-methyl/N-ethyl adjacent to an activating group) is 1. The van der Waals surface area contributed by atoms with Gasteiger partial charge in [-0.05, 0) is 70.0 Å². The number of carbonyl (C=O) groups is 5. The van der Waals surface area contributed by atoms with E-state index in [2.05, 4.69) is 20.9 Å². The molecule has 1 aliphatic rings. The summed E-state index contributed by atoms with van der Waals surface area (Å²) in [6.45, 7) is 14.5. The number of benzene rings is 1. The van der Waals surface area contributed by atoms with E-state index in [-0.39, 0.29) is 53.7 Å². The van der Waals surface area contributed by atoms with E-state index >= 15 is 0 Å². The SMILES string of the molecule is CCCCNC(=O)C(C)N(C(=O)[C@@H](NC(=O)[C@H]1CCCCN1C)[C@@H](C)CC)[C@H](C[C@@H](O)c1nc(C(=O)N[C@@H](Cc2ccccc2)C[C@H](C)C(=O)OC)cs1)C(C)C. The largest absolute Gasteiger partial charge is 0.469 e. The molecular weight excluding hydrogens is 745 g/mol. The van der Waals surface area contributed by atoms with Crippen LogP contribution in [0.3, 0.4) is 0 Å². The van der Waals surface area contributed by atoms with E-state index in [4.69, 9.17) is 4.74 Å². The van der Waals surface area contributed by atoms with Gasteiger partial charge in [0.25, 0.3) is 5.91 Å². The van der Waals surface area contributed by atoms with Crippen LogP contribution in [-0.2, 0) is 30.3 Å². The summed E-state index contributed by atoms with van der Waals surface area (Å²) in [6.07, 6.45) is 4.68. The van der Waals surface area contributed by atoms with Gasteiger partial charge in [-0.1, -0.05) is 91.1 Å². The van der Waals surface area contributed by atoms with Crippen LogP contribution in [0.5, 0.6) is 0 Å². The first-order valence-corrected chi connectivity index (χ1v) is 21.7. The minimum atomic E-state index is -1.17. The lowest BCUT2D eigenvalue weighted by molar-refractivity contribution is -0.149. The maximum absolute atomic E-state index is 14.9. The summed E-state index contributed by atoms with van der Waals surface area (Å²) in [5, 5.41) is 22.7. The average molecular weight is 813 g/mol. The van der Waals surface area contributed by atoms with Crippen molar-refractivity contribution in [3.8, 4) is 0 Å². The van der Waals surface area contributed by atoms with Crippen molar-refractivity contribution < 1.29 is 33.8 Å². The van der Waals surface area contributed by atoms with Crippen LogP contribution in [-0.4, -0.2) is 107 Å². The Morgan fingerprint density at radius 3 is 2.33 bits per heavy atom. The molecule has 1 aromatic heterocycles. The lowest BCUT2D eigenvalue weighted by Crippen LogP contribution is -2.62. The first-order chi connectivity index (χ1) is 27.1. The Kier molecular flexibility index (Phi) is 19.6. The van der Waals surface area contributed by atoms with Gasteiger partial charge in [0.2, 0.25) is 17.7 Å². The Labute approximate surface area is 344 Å². The van der Waals surface area contributed by atoms with Crippen molar-refractivity contribution in [2.45, 2.75) is 143 Å². The van der Waals surface area contributed by atoms with Crippen molar-refractivity contribution in [3.05, 3.63) is 52.0 Å². The third-order valence-corrected chi connectivity index (χ3v) is 12.2. The van der Waals surface area contributed by atoms with E-state index in [0.717, 1.165) is 49.1 Å². The van der Waals surface area contributed by atoms with Gasteiger partial charge in [-0.2, -0.15) is 0 Å². The van der Waals surface area contributed by atoms with Crippen LogP contribution in [0.4, 0.5) is 0 Å². The normalized spacial score (nSPS) is 18.3. The molecule has 1 fully saturated rings. The van der Waals surface area contributed by atoms with E-state index < -0.39 is 42.1 Å². The highest BCUT2D eigenvalue weighted by Gasteiger charge is 2.41. The lowest BCUT2D eigenvalue weighted by Gasteiger charge is -2.42. The molecule has 3 rings (SSSR count). The highest BCUT2D eigenvalue weighted by molar-refractivity contribution is 7.09. The quantitative estimate of drug-likeness (QED) is 0.0913. The number of unbranched alkanes of at least 4 members (excludes halogenated alkanes) is 1. The number of esters is 1. The average Bonchev–Trinajstić information content (AvgIpc) is 3.70. The number of likely N-dealkylation sites (tertiary alicyclic amines) is 1. The summed E-state index contributed by atoms with van der Waals surface area (Å²) in [7, 11) is 3.27. The number of hydrogen-bond acceptors (Lipinski definition) is 10. The number of nitrogens with zero attached hydrogens (tertiary/aromatic N) is 3. The third kappa shape index (κ3) is 13.9. The van der Waals surface area contributed by atoms with Crippen LogP contribution in [0, 0.1) is 17.8 Å². The zero-order valence-corrected chi connectivity index (χ0v) is 36.4. The van der Waals surface area contributed by atoms with Gasteiger partial charge < -0.3 is 30.7 Å². The van der Waals surface area contributed by atoms with Crippen molar-refractivity contribution in [2.75, 3.05) is 27.2 Å². The molecule has 2 aromatic rings. The number of piperidine rings is 1. The topological polar surface area (TPSA) is 170 Å². The monoisotopic (exact) mass is 812 g/mol. The van der Waals surface area contributed by atoms with Crippen LogP contribution in [0.25, 0.3) is 0 Å². The fourth-order valence-electron chi connectivity index (χ4n) is 7.46. The first kappa shape index (κ1) is 47.5. The molecule has 0 spiro atoms. The number of thiazole rings is 1.